The fraction of sp³-hybridized carbons (Fsp3) is 0.250. The molecule has 1 heterocycles. The SMILES string of the molecule is C1CCOC1.Cl.c1ccc(Pc2ccccc2)cc1. The van der Waals surface area contributed by atoms with Crippen molar-refractivity contribution in [1.82, 2.24) is 0 Å². The van der Waals surface area contributed by atoms with E-state index in [0.717, 1.165) is 21.8 Å². The predicted molar refractivity (Wildman–Crippen MR) is 87.8 cm³/mol. The normalized spacial score (nSPS) is 13.1. The molecule has 2 aromatic rings. The van der Waals surface area contributed by atoms with E-state index in [1.165, 1.54) is 23.5 Å². The largest absolute Gasteiger partial charge is 0.381 e. The molecule has 1 aliphatic heterocycles. The molecule has 0 spiro atoms. The van der Waals surface area contributed by atoms with Crippen LogP contribution in [0.25, 0.3) is 0 Å². The molecule has 0 radical (unpaired) electrons. The molecule has 19 heavy (non-hydrogen) atoms. The number of benzene rings is 2. The van der Waals surface area contributed by atoms with Crippen LogP contribution < -0.4 is 10.6 Å². The lowest BCUT2D eigenvalue weighted by atomic mass is 10.4. The fourth-order valence-corrected chi connectivity index (χ4v) is 2.77. The summed E-state index contributed by atoms with van der Waals surface area (Å²) >= 11 is 0. The molecule has 1 fully saturated rings. The number of ether oxygens (including phenoxy) is 1. The Balaban J connectivity index is 0.000000256. The van der Waals surface area contributed by atoms with E-state index in [2.05, 4.69) is 60.7 Å². The minimum Gasteiger partial charge on any atom is -0.381 e. The summed E-state index contributed by atoms with van der Waals surface area (Å²) in [5.41, 5.74) is 0. The Morgan fingerprint density at radius 1 is 0.684 bits per heavy atom. The molecule has 1 aliphatic rings. The van der Waals surface area contributed by atoms with Crippen LogP contribution in [-0.2, 0) is 4.74 Å². The van der Waals surface area contributed by atoms with Crippen molar-refractivity contribution in [2.75, 3.05) is 13.2 Å². The van der Waals surface area contributed by atoms with E-state index < -0.39 is 0 Å². The van der Waals surface area contributed by atoms with Crippen molar-refractivity contribution >= 4 is 31.6 Å². The highest BCUT2D eigenvalue weighted by Gasteiger charge is 1.94. The van der Waals surface area contributed by atoms with Crippen LogP contribution in [0, 0.1) is 0 Å². The van der Waals surface area contributed by atoms with Gasteiger partial charge < -0.3 is 4.74 Å². The van der Waals surface area contributed by atoms with Gasteiger partial charge in [0.05, 0.1) is 0 Å². The van der Waals surface area contributed by atoms with Gasteiger partial charge >= 0.3 is 0 Å². The lowest BCUT2D eigenvalue weighted by Gasteiger charge is -2.00. The van der Waals surface area contributed by atoms with Gasteiger partial charge in [-0.2, -0.15) is 0 Å². The third kappa shape index (κ3) is 6.73. The highest BCUT2D eigenvalue weighted by molar-refractivity contribution is 7.55. The van der Waals surface area contributed by atoms with Crippen molar-refractivity contribution in [2.45, 2.75) is 12.8 Å². The number of hydrogen-bond donors (Lipinski definition) is 0. The highest BCUT2D eigenvalue weighted by atomic mass is 35.5. The summed E-state index contributed by atoms with van der Waals surface area (Å²) in [5, 5.41) is 2.79. The number of hydrogen-bond acceptors (Lipinski definition) is 1. The summed E-state index contributed by atoms with van der Waals surface area (Å²) in [5.74, 6) is 0. The molecule has 0 bridgehead atoms. The van der Waals surface area contributed by atoms with Crippen LogP contribution in [0.2, 0.25) is 0 Å². The van der Waals surface area contributed by atoms with Gasteiger partial charge in [-0.1, -0.05) is 69.2 Å². The van der Waals surface area contributed by atoms with Crippen LogP contribution in [0.15, 0.2) is 60.7 Å². The van der Waals surface area contributed by atoms with Gasteiger partial charge in [-0.25, -0.2) is 0 Å². The van der Waals surface area contributed by atoms with Gasteiger partial charge in [0.25, 0.3) is 0 Å². The van der Waals surface area contributed by atoms with Crippen LogP contribution in [0.5, 0.6) is 0 Å². The lowest BCUT2D eigenvalue weighted by Crippen LogP contribution is -2.01. The van der Waals surface area contributed by atoms with Gasteiger partial charge in [-0.05, 0) is 23.5 Å². The second kappa shape index (κ2) is 9.97. The van der Waals surface area contributed by atoms with Crippen LogP contribution in [-0.4, -0.2) is 13.2 Å². The first-order valence-corrected chi connectivity index (χ1v) is 7.40. The fourth-order valence-electron chi connectivity index (χ4n) is 1.72. The van der Waals surface area contributed by atoms with E-state index in [1.807, 2.05) is 0 Å². The first-order valence-electron chi connectivity index (χ1n) is 6.40. The average Bonchev–Trinajstić information content (AvgIpc) is 3.00. The molecule has 3 rings (SSSR count). The Labute approximate surface area is 123 Å². The van der Waals surface area contributed by atoms with Crippen LogP contribution in [0.3, 0.4) is 0 Å². The second-order valence-electron chi connectivity index (χ2n) is 4.18. The van der Waals surface area contributed by atoms with E-state index in [1.54, 1.807) is 0 Å². The lowest BCUT2D eigenvalue weighted by molar-refractivity contribution is 0.198. The molecular formula is C16H20ClOP. The zero-order valence-electron chi connectivity index (χ0n) is 10.9. The van der Waals surface area contributed by atoms with E-state index in [9.17, 15) is 0 Å². The summed E-state index contributed by atoms with van der Waals surface area (Å²) in [6.45, 7) is 2.00. The molecule has 102 valence electrons. The van der Waals surface area contributed by atoms with Crippen molar-refractivity contribution in [3.05, 3.63) is 60.7 Å². The summed E-state index contributed by atoms with van der Waals surface area (Å²) in [6.07, 6.45) is 2.56. The van der Waals surface area contributed by atoms with Gasteiger partial charge in [0.2, 0.25) is 0 Å². The maximum atomic E-state index is 4.94. The second-order valence-corrected chi connectivity index (χ2v) is 5.58. The highest BCUT2D eigenvalue weighted by Crippen LogP contribution is 2.08. The van der Waals surface area contributed by atoms with Gasteiger partial charge in [0.15, 0.2) is 0 Å². The van der Waals surface area contributed by atoms with E-state index >= 15 is 0 Å². The average molecular weight is 295 g/mol. The molecule has 0 aliphatic carbocycles. The Hall–Kier alpha value is -0.880. The number of rotatable bonds is 2. The van der Waals surface area contributed by atoms with Crippen molar-refractivity contribution in [2.24, 2.45) is 0 Å². The van der Waals surface area contributed by atoms with Gasteiger partial charge in [-0.3, -0.25) is 0 Å². The topological polar surface area (TPSA) is 9.23 Å². The smallest absolute Gasteiger partial charge is 0.0466 e. The van der Waals surface area contributed by atoms with Gasteiger partial charge in [0, 0.05) is 13.2 Å². The first-order chi connectivity index (χ1) is 8.95. The zero-order chi connectivity index (χ0) is 12.5. The number of halogens is 1. The maximum Gasteiger partial charge on any atom is 0.0466 e. The quantitative estimate of drug-likeness (QED) is 0.770. The van der Waals surface area contributed by atoms with Crippen LogP contribution in [0.1, 0.15) is 12.8 Å². The molecule has 0 saturated carbocycles. The summed E-state index contributed by atoms with van der Waals surface area (Å²) in [7, 11) is 0.777. The van der Waals surface area contributed by atoms with Crippen LogP contribution >= 0.6 is 21.0 Å². The van der Waals surface area contributed by atoms with E-state index in [4.69, 9.17) is 4.74 Å². The Bertz CT molecular complexity index is 384. The Morgan fingerprint density at radius 3 is 1.42 bits per heavy atom. The molecule has 3 heteroatoms. The molecule has 1 nitrogen and oxygen atoms in total. The maximum absolute atomic E-state index is 4.94. The summed E-state index contributed by atoms with van der Waals surface area (Å²) < 4.78 is 4.94. The molecular weight excluding hydrogens is 275 g/mol. The minimum atomic E-state index is 0. The molecule has 0 aromatic heterocycles. The monoisotopic (exact) mass is 294 g/mol. The standard InChI is InChI=1S/C12H11P.C4H8O.ClH/c1-3-7-11(8-4-1)13-12-9-5-2-6-10-12;1-2-4-5-3-1;/h1-10,13H;1-4H2;1H. The third-order valence-electron chi connectivity index (χ3n) is 2.66. The predicted octanol–water partition coefficient (Wildman–Crippen LogP) is 3.53. The summed E-state index contributed by atoms with van der Waals surface area (Å²) in [4.78, 5) is 0. The third-order valence-corrected chi connectivity index (χ3v) is 3.91. The molecule has 0 unspecified atom stereocenters. The Kier molecular flexibility index (Phi) is 8.49. The van der Waals surface area contributed by atoms with Crippen molar-refractivity contribution < 1.29 is 4.74 Å². The van der Waals surface area contributed by atoms with E-state index in [0.29, 0.717) is 0 Å². The Morgan fingerprint density at radius 2 is 1.11 bits per heavy atom. The summed E-state index contributed by atoms with van der Waals surface area (Å²) in [6, 6.07) is 21.2. The van der Waals surface area contributed by atoms with E-state index in [-0.39, 0.29) is 12.4 Å². The molecule has 0 amide bonds. The van der Waals surface area contributed by atoms with Crippen molar-refractivity contribution in [3.63, 3.8) is 0 Å². The minimum absolute atomic E-state index is 0. The van der Waals surface area contributed by atoms with Crippen molar-refractivity contribution in [1.29, 1.82) is 0 Å². The van der Waals surface area contributed by atoms with Crippen molar-refractivity contribution in [3.8, 4) is 0 Å². The van der Waals surface area contributed by atoms with Gasteiger partial charge in [-0.15, -0.1) is 12.4 Å². The van der Waals surface area contributed by atoms with Crippen LogP contribution in [0.4, 0.5) is 0 Å². The molecule has 0 atom stereocenters. The first kappa shape index (κ1) is 16.2. The van der Waals surface area contributed by atoms with Gasteiger partial charge in [0.1, 0.15) is 0 Å². The zero-order valence-corrected chi connectivity index (χ0v) is 12.7. The molecule has 0 N–H and O–H groups in total. The molecule has 1 saturated heterocycles. The molecule has 2 aromatic carbocycles.